The highest BCUT2D eigenvalue weighted by Crippen LogP contribution is 2.31. The number of pyridine rings is 1. The molecule has 2 amide bonds. The zero-order chi connectivity index (χ0) is 25.1. The Hall–Kier alpha value is -3.77. The summed E-state index contributed by atoms with van der Waals surface area (Å²) in [6.45, 7) is 5.85. The number of para-hydroxylation sites is 1. The molecule has 2 unspecified atom stereocenters. The maximum absolute atomic E-state index is 13.5. The van der Waals surface area contributed by atoms with Crippen LogP contribution in [0.15, 0.2) is 77.5 Å². The molecule has 3 aromatic rings. The second-order valence-electron chi connectivity index (χ2n) is 9.23. The summed E-state index contributed by atoms with van der Waals surface area (Å²) in [6.07, 6.45) is 4.41. The molecule has 0 aliphatic heterocycles. The van der Waals surface area contributed by atoms with Crippen molar-refractivity contribution in [3.8, 4) is 0 Å². The molecule has 180 valence electrons. The van der Waals surface area contributed by atoms with Crippen molar-refractivity contribution in [3.63, 3.8) is 0 Å². The van der Waals surface area contributed by atoms with E-state index in [1.807, 2.05) is 37.3 Å². The summed E-state index contributed by atoms with van der Waals surface area (Å²) >= 11 is 0. The van der Waals surface area contributed by atoms with E-state index in [0.29, 0.717) is 16.5 Å². The Kier molecular flexibility index (Phi) is 7.12. The van der Waals surface area contributed by atoms with Crippen LogP contribution in [0.2, 0.25) is 0 Å². The van der Waals surface area contributed by atoms with Crippen molar-refractivity contribution in [3.05, 3.63) is 99.9 Å². The molecular weight excluding hydrogens is 438 g/mol. The smallest absolute Gasteiger partial charge is 0.267 e. The van der Waals surface area contributed by atoms with Crippen molar-refractivity contribution >= 4 is 22.7 Å². The lowest BCUT2D eigenvalue weighted by Gasteiger charge is -2.21. The zero-order valence-electron chi connectivity index (χ0n) is 20.3. The second-order valence-corrected chi connectivity index (χ2v) is 9.23. The molecule has 1 aliphatic rings. The fourth-order valence-electron chi connectivity index (χ4n) is 4.67. The van der Waals surface area contributed by atoms with Crippen LogP contribution in [0.3, 0.4) is 0 Å². The van der Waals surface area contributed by atoms with Crippen LogP contribution in [0.25, 0.3) is 10.9 Å². The molecule has 1 aromatic heterocycles. The SMILES string of the molecule is CC1=CCCC(Cc2ccc(C(C)O)cc2)C(C)=C1NC(=O)c1cc(C(N)=O)nc2ccccc12. The Morgan fingerprint density at radius 3 is 2.54 bits per heavy atom. The van der Waals surface area contributed by atoms with E-state index < -0.39 is 12.0 Å². The predicted octanol–water partition coefficient (Wildman–Crippen LogP) is 4.99. The van der Waals surface area contributed by atoms with E-state index in [1.165, 1.54) is 11.6 Å². The van der Waals surface area contributed by atoms with Gasteiger partial charge in [0, 0.05) is 11.1 Å². The highest BCUT2D eigenvalue weighted by atomic mass is 16.3. The van der Waals surface area contributed by atoms with Gasteiger partial charge in [-0.1, -0.05) is 48.5 Å². The molecule has 0 saturated carbocycles. The lowest BCUT2D eigenvalue weighted by molar-refractivity contribution is 0.0967. The number of carbonyl (C=O) groups is 2. The molecule has 4 N–H and O–H groups in total. The largest absolute Gasteiger partial charge is 0.389 e. The van der Waals surface area contributed by atoms with Gasteiger partial charge in [-0.3, -0.25) is 9.59 Å². The number of nitrogens with two attached hydrogens (primary N) is 1. The summed E-state index contributed by atoms with van der Waals surface area (Å²) in [7, 11) is 0. The van der Waals surface area contributed by atoms with Crippen LogP contribution in [-0.4, -0.2) is 21.9 Å². The Bertz CT molecular complexity index is 1340. The van der Waals surface area contributed by atoms with E-state index >= 15 is 0 Å². The van der Waals surface area contributed by atoms with Gasteiger partial charge in [-0.15, -0.1) is 0 Å². The number of hydrogen-bond acceptors (Lipinski definition) is 4. The van der Waals surface area contributed by atoms with Gasteiger partial charge in [0.15, 0.2) is 0 Å². The lowest BCUT2D eigenvalue weighted by Crippen LogP contribution is -2.26. The van der Waals surface area contributed by atoms with Crippen LogP contribution in [-0.2, 0) is 6.42 Å². The molecule has 0 saturated heterocycles. The van der Waals surface area contributed by atoms with Crippen LogP contribution in [0.5, 0.6) is 0 Å². The molecule has 0 spiro atoms. The van der Waals surface area contributed by atoms with Crippen molar-refractivity contribution in [1.82, 2.24) is 10.3 Å². The van der Waals surface area contributed by atoms with Gasteiger partial charge in [0.1, 0.15) is 5.69 Å². The number of aliphatic hydroxyl groups excluding tert-OH is 1. The van der Waals surface area contributed by atoms with Crippen molar-refractivity contribution in [1.29, 1.82) is 0 Å². The van der Waals surface area contributed by atoms with Gasteiger partial charge in [-0.25, -0.2) is 4.98 Å². The summed E-state index contributed by atoms with van der Waals surface area (Å²) in [5, 5.41) is 13.6. The van der Waals surface area contributed by atoms with Crippen LogP contribution >= 0.6 is 0 Å². The first-order chi connectivity index (χ1) is 16.7. The maximum atomic E-state index is 13.5. The van der Waals surface area contributed by atoms with Crippen molar-refractivity contribution < 1.29 is 14.7 Å². The van der Waals surface area contributed by atoms with Gasteiger partial charge >= 0.3 is 0 Å². The molecule has 1 aliphatic carbocycles. The minimum Gasteiger partial charge on any atom is -0.389 e. The van der Waals surface area contributed by atoms with E-state index in [1.54, 1.807) is 13.0 Å². The Balaban J connectivity index is 1.66. The molecule has 2 aromatic carbocycles. The number of primary amides is 1. The first-order valence-corrected chi connectivity index (χ1v) is 11.9. The van der Waals surface area contributed by atoms with E-state index in [2.05, 4.69) is 35.4 Å². The molecule has 6 heteroatoms. The maximum Gasteiger partial charge on any atom is 0.267 e. The molecule has 6 nitrogen and oxygen atoms in total. The number of aromatic nitrogens is 1. The number of fused-ring (bicyclic) bond motifs is 1. The third-order valence-electron chi connectivity index (χ3n) is 6.76. The summed E-state index contributed by atoms with van der Waals surface area (Å²) < 4.78 is 0. The summed E-state index contributed by atoms with van der Waals surface area (Å²) in [4.78, 5) is 29.6. The van der Waals surface area contributed by atoms with Gasteiger partial charge in [0.25, 0.3) is 11.8 Å². The Labute approximate surface area is 205 Å². The average Bonchev–Trinajstić information content (AvgIpc) is 2.97. The number of carbonyl (C=O) groups excluding carboxylic acids is 2. The number of aliphatic hydroxyl groups is 1. The topological polar surface area (TPSA) is 105 Å². The molecule has 0 bridgehead atoms. The van der Waals surface area contributed by atoms with E-state index in [0.717, 1.165) is 41.7 Å². The van der Waals surface area contributed by atoms with Crippen molar-refractivity contribution in [2.45, 2.75) is 46.1 Å². The number of nitrogens with one attached hydrogen (secondary N) is 1. The fraction of sp³-hybridized carbons (Fsp3) is 0.276. The number of allylic oxidation sites excluding steroid dienone is 3. The molecule has 1 heterocycles. The van der Waals surface area contributed by atoms with Crippen molar-refractivity contribution in [2.75, 3.05) is 0 Å². The molecule has 0 fully saturated rings. The Morgan fingerprint density at radius 2 is 1.86 bits per heavy atom. The minimum absolute atomic E-state index is 0.0613. The van der Waals surface area contributed by atoms with Crippen LogP contribution < -0.4 is 11.1 Å². The monoisotopic (exact) mass is 469 g/mol. The summed E-state index contributed by atoms with van der Waals surface area (Å²) in [6, 6.07) is 16.8. The van der Waals surface area contributed by atoms with Crippen LogP contribution in [0, 0.1) is 5.92 Å². The first-order valence-electron chi connectivity index (χ1n) is 11.9. The lowest BCUT2D eigenvalue weighted by atomic mass is 9.88. The van der Waals surface area contributed by atoms with Gasteiger partial charge in [-0.05, 0) is 80.4 Å². The molecule has 35 heavy (non-hydrogen) atoms. The Morgan fingerprint density at radius 1 is 1.14 bits per heavy atom. The molecule has 2 atom stereocenters. The predicted molar refractivity (Wildman–Crippen MR) is 138 cm³/mol. The third kappa shape index (κ3) is 5.33. The normalized spacial score (nSPS) is 17.0. The number of rotatable bonds is 6. The van der Waals surface area contributed by atoms with Gasteiger partial charge in [0.2, 0.25) is 0 Å². The number of nitrogens with zero attached hydrogens (tertiary/aromatic N) is 1. The molecule has 0 radical (unpaired) electrons. The third-order valence-corrected chi connectivity index (χ3v) is 6.76. The summed E-state index contributed by atoms with van der Waals surface area (Å²) in [5.41, 5.74) is 11.5. The van der Waals surface area contributed by atoms with Gasteiger partial charge in [0.05, 0.1) is 17.2 Å². The highest BCUT2D eigenvalue weighted by molar-refractivity contribution is 6.09. The van der Waals surface area contributed by atoms with E-state index in [9.17, 15) is 14.7 Å². The number of benzene rings is 2. The van der Waals surface area contributed by atoms with Crippen molar-refractivity contribution in [2.24, 2.45) is 11.7 Å². The first kappa shape index (κ1) is 24.4. The van der Waals surface area contributed by atoms with Gasteiger partial charge < -0.3 is 16.2 Å². The fourth-order valence-corrected chi connectivity index (χ4v) is 4.67. The van der Waals surface area contributed by atoms with Gasteiger partial charge in [-0.2, -0.15) is 0 Å². The zero-order valence-corrected chi connectivity index (χ0v) is 20.3. The van der Waals surface area contributed by atoms with E-state index in [4.69, 9.17) is 5.73 Å². The van der Waals surface area contributed by atoms with E-state index in [-0.39, 0.29) is 17.5 Å². The average molecular weight is 470 g/mol. The standard InChI is InChI=1S/C29H31N3O3/c1-17-7-6-8-22(15-20-11-13-21(14-12-20)19(3)33)18(2)27(17)32-29(35)24-16-26(28(30)34)31-25-10-5-4-9-23(24)25/h4-5,7,9-14,16,19,22,33H,6,8,15H2,1-3H3,(H2,30,34)(H,32,35). The van der Waals surface area contributed by atoms with Crippen LogP contribution in [0.1, 0.15) is 71.7 Å². The quantitative estimate of drug-likeness (QED) is 0.473. The number of hydrogen-bond donors (Lipinski definition) is 3. The summed E-state index contributed by atoms with van der Waals surface area (Å²) in [5.74, 6) is -0.714. The van der Waals surface area contributed by atoms with Crippen LogP contribution in [0.4, 0.5) is 0 Å². The number of amides is 2. The molecular formula is C29H31N3O3. The highest BCUT2D eigenvalue weighted by Gasteiger charge is 2.22. The minimum atomic E-state index is -0.674. The molecule has 4 rings (SSSR count). The second kappa shape index (κ2) is 10.2.